The molecule has 0 bridgehead atoms. The number of carboxylic acid groups (broad SMARTS) is 1. The third-order valence-corrected chi connectivity index (χ3v) is 4.09. The minimum Gasteiger partial charge on any atom is -0.477 e. The van der Waals surface area contributed by atoms with Gasteiger partial charge in [-0.05, 0) is 6.42 Å². The molecule has 2 aliphatic heterocycles. The number of amides is 2. The van der Waals surface area contributed by atoms with Crippen LogP contribution in [0.25, 0.3) is 0 Å². The van der Waals surface area contributed by atoms with Crippen LogP contribution in [0.1, 0.15) is 19.8 Å². The second kappa shape index (κ2) is 6.17. The molecule has 20 heavy (non-hydrogen) atoms. The maximum atomic E-state index is 11.9. The highest BCUT2D eigenvalue weighted by Gasteiger charge is 2.52. The number of alkyl carbamates (subject to hydrolysis) is 1. The van der Waals surface area contributed by atoms with Gasteiger partial charge >= 0.3 is 12.1 Å². The number of hydrogen-bond donors (Lipinski definition) is 2. The summed E-state index contributed by atoms with van der Waals surface area (Å²) in [6.45, 7) is 2.29. The number of nitrogens with one attached hydrogen (secondary N) is 1. The Morgan fingerprint density at radius 2 is 2.35 bits per heavy atom. The Morgan fingerprint density at radius 3 is 3.00 bits per heavy atom. The van der Waals surface area contributed by atoms with Gasteiger partial charge in [0, 0.05) is 11.2 Å². The predicted molar refractivity (Wildman–Crippen MR) is 72.0 cm³/mol. The van der Waals surface area contributed by atoms with Crippen LogP contribution in [0.4, 0.5) is 4.79 Å². The lowest BCUT2D eigenvalue weighted by atomic mass is 9.95. The molecule has 0 aromatic heterocycles. The van der Waals surface area contributed by atoms with E-state index in [1.165, 1.54) is 22.1 Å². The predicted octanol–water partition coefficient (Wildman–Crippen LogP) is 0.765. The molecular weight excluding hydrogens is 284 g/mol. The molecule has 2 rings (SSSR count). The van der Waals surface area contributed by atoms with Gasteiger partial charge in [0.15, 0.2) is 0 Å². The molecule has 2 atom stereocenters. The number of carbonyl (C=O) groups is 3. The molecule has 1 saturated heterocycles. The Kier molecular flexibility index (Phi) is 4.53. The van der Waals surface area contributed by atoms with Gasteiger partial charge in [-0.1, -0.05) is 13.3 Å². The zero-order valence-electron chi connectivity index (χ0n) is 11.0. The van der Waals surface area contributed by atoms with Crippen LogP contribution < -0.4 is 5.32 Å². The smallest absolute Gasteiger partial charge is 0.407 e. The number of β-lactam (4-membered cyclic amide) rings is 1. The van der Waals surface area contributed by atoms with E-state index in [2.05, 4.69) is 5.32 Å². The van der Waals surface area contributed by atoms with Crippen molar-refractivity contribution in [3.05, 3.63) is 11.1 Å². The quantitative estimate of drug-likeness (QED) is 0.575. The van der Waals surface area contributed by atoms with Crippen LogP contribution in [-0.2, 0) is 14.3 Å². The van der Waals surface area contributed by atoms with Gasteiger partial charge < -0.3 is 15.2 Å². The Bertz CT molecular complexity index is 465. The SMILES string of the molecule is CCCCOC(=O)N[C@@H]1C(=O)N2C(C(=O)O)=CSC[C@@H]12. The van der Waals surface area contributed by atoms with Crippen LogP contribution in [0.3, 0.4) is 0 Å². The van der Waals surface area contributed by atoms with Gasteiger partial charge in [0.1, 0.15) is 11.7 Å². The van der Waals surface area contributed by atoms with E-state index in [1.807, 2.05) is 6.92 Å². The van der Waals surface area contributed by atoms with Crippen molar-refractivity contribution < 1.29 is 24.2 Å². The van der Waals surface area contributed by atoms with Crippen molar-refractivity contribution in [2.45, 2.75) is 31.8 Å². The highest BCUT2D eigenvalue weighted by atomic mass is 32.2. The molecule has 2 amide bonds. The lowest BCUT2D eigenvalue weighted by Crippen LogP contribution is -2.72. The molecule has 0 aromatic carbocycles. The summed E-state index contributed by atoms with van der Waals surface area (Å²) in [6.07, 6.45) is 1.05. The first-order chi connectivity index (χ1) is 9.56. The summed E-state index contributed by atoms with van der Waals surface area (Å²) in [5.74, 6) is -0.987. The standard InChI is InChI=1S/C12H16N2O5S/c1-2-3-4-19-12(18)13-9-7-5-20-6-8(11(16)17)14(7)10(9)15/h6-7,9H,2-5H2,1H3,(H,13,18)(H,16,17)/t7-,9-/m0/s1. The molecule has 110 valence electrons. The monoisotopic (exact) mass is 300 g/mol. The molecule has 7 nitrogen and oxygen atoms in total. The molecule has 0 aromatic rings. The van der Waals surface area contributed by atoms with Crippen molar-refractivity contribution in [3.8, 4) is 0 Å². The first kappa shape index (κ1) is 14.7. The molecule has 2 N–H and O–H groups in total. The van der Waals surface area contributed by atoms with Crippen molar-refractivity contribution in [3.63, 3.8) is 0 Å². The summed E-state index contributed by atoms with van der Waals surface area (Å²) in [5, 5.41) is 13.0. The normalized spacial score (nSPS) is 24.4. The van der Waals surface area contributed by atoms with Crippen LogP contribution in [0.15, 0.2) is 11.1 Å². The molecule has 0 radical (unpaired) electrons. The number of rotatable bonds is 5. The third kappa shape index (κ3) is 2.74. The Morgan fingerprint density at radius 1 is 1.60 bits per heavy atom. The molecule has 0 unspecified atom stereocenters. The summed E-state index contributed by atoms with van der Waals surface area (Å²) in [7, 11) is 0. The van der Waals surface area contributed by atoms with E-state index in [-0.39, 0.29) is 11.7 Å². The van der Waals surface area contributed by atoms with Gasteiger partial charge in [-0.25, -0.2) is 9.59 Å². The molecule has 0 saturated carbocycles. The third-order valence-electron chi connectivity index (χ3n) is 3.16. The Balaban J connectivity index is 1.91. The fourth-order valence-corrected chi connectivity index (χ4v) is 3.09. The van der Waals surface area contributed by atoms with E-state index in [1.54, 1.807) is 0 Å². The molecular formula is C12H16N2O5S. The van der Waals surface area contributed by atoms with E-state index in [0.29, 0.717) is 12.4 Å². The second-order valence-corrected chi connectivity index (χ2v) is 5.43. The molecule has 1 fully saturated rings. The Hall–Kier alpha value is -1.70. The number of thioether (sulfide) groups is 1. The fraction of sp³-hybridized carbons (Fsp3) is 0.583. The molecule has 0 spiro atoms. The highest BCUT2D eigenvalue weighted by Crippen LogP contribution is 2.34. The summed E-state index contributed by atoms with van der Waals surface area (Å²) in [5.41, 5.74) is -0.0337. The maximum absolute atomic E-state index is 11.9. The first-order valence-electron chi connectivity index (χ1n) is 6.37. The van der Waals surface area contributed by atoms with Gasteiger partial charge in [0.05, 0.1) is 12.6 Å². The number of carboxylic acids is 1. The van der Waals surface area contributed by atoms with Crippen LogP contribution >= 0.6 is 11.8 Å². The van der Waals surface area contributed by atoms with E-state index >= 15 is 0 Å². The first-order valence-corrected chi connectivity index (χ1v) is 7.42. The molecule has 2 heterocycles. The minimum atomic E-state index is -1.14. The van der Waals surface area contributed by atoms with Crippen LogP contribution in [0, 0.1) is 0 Å². The highest BCUT2D eigenvalue weighted by molar-refractivity contribution is 8.02. The van der Waals surface area contributed by atoms with Crippen LogP contribution in [0.5, 0.6) is 0 Å². The summed E-state index contributed by atoms with van der Waals surface area (Å²) >= 11 is 1.32. The molecule has 0 aliphatic carbocycles. The van der Waals surface area contributed by atoms with E-state index in [9.17, 15) is 14.4 Å². The zero-order valence-corrected chi connectivity index (χ0v) is 11.8. The number of aliphatic carboxylic acids is 1. The topological polar surface area (TPSA) is 95.9 Å². The van der Waals surface area contributed by atoms with Gasteiger partial charge in [0.25, 0.3) is 5.91 Å². The zero-order chi connectivity index (χ0) is 14.7. The maximum Gasteiger partial charge on any atom is 0.407 e. The number of unbranched alkanes of at least 4 members (excludes halogenated alkanes) is 1. The number of hydrogen-bond acceptors (Lipinski definition) is 5. The minimum absolute atomic E-state index is 0.0337. The average Bonchev–Trinajstić information content (AvgIpc) is 2.43. The second-order valence-electron chi connectivity index (χ2n) is 4.53. The van der Waals surface area contributed by atoms with E-state index in [4.69, 9.17) is 9.84 Å². The summed E-state index contributed by atoms with van der Waals surface area (Å²) < 4.78 is 4.93. The number of ether oxygens (including phenoxy) is 1. The fourth-order valence-electron chi connectivity index (χ4n) is 2.08. The van der Waals surface area contributed by atoms with E-state index < -0.39 is 24.0 Å². The van der Waals surface area contributed by atoms with Gasteiger partial charge in [-0.2, -0.15) is 0 Å². The average molecular weight is 300 g/mol. The van der Waals surface area contributed by atoms with Crippen molar-refractivity contribution in [2.75, 3.05) is 12.4 Å². The number of carbonyl (C=O) groups excluding carboxylic acids is 2. The van der Waals surface area contributed by atoms with Crippen molar-refractivity contribution in [2.24, 2.45) is 0 Å². The summed E-state index contributed by atoms with van der Waals surface area (Å²) in [4.78, 5) is 35.7. The molecule has 8 heteroatoms. The van der Waals surface area contributed by atoms with Crippen molar-refractivity contribution >= 4 is 29.7 Å². The largest absolute Gasteiger partial charge is 0.477 e. The molecule has 2 aliphatic rings. The van der Waals surface area contributed by atoms with Crippen LogP contribution in [-0.4, -0.2) is 52.4 Å². The van der Waals surface area contributed by atoms with Crippen LogP contribution in [0.2, 0.25) is 0 Å². The summed E-state index contributed by atoms with van der Waals surface area (Å²) in [6, 6.07) is -1.01. The van der Waals surface area contributed by atoms with Crippen molar-refractivity contribution in [1.29, 1.82) is 0 Å². The van der Waals surface area contributed by atoms with E-state index in [0.717, 1.165) is 12.8 Å². The van der Waals surface area contributed by atoms with Gasteiger partial charge in [0.2, 0.25) is 0 Å². The Labute approximate surface area is 120 Å². The lowest BCUT2D eigenvalue weighted by molar-refractivity contribution is -0.151. The lowest BCUT2D eigenvalue weighted by Gasteiger charge is -2.48. The van der Waals surface area contributed by atoms with Gasteiger partial charge in [-0.15, -0.1) is 11.8 Å². The number of fused-ring (bicyclic) bond motifs is 1. The van der Waals surface area contributed by atoms with Crippen molar-refractivity contribution in [1.82, 2.24) is 10.2 Å². The number of nitrogens with zero attached hydrogens (tertiary/aromatic N) is 1. The van der Waals surface area contributed by atoms with Gasteiger partial charge in [-0.3, -0.25) is 9.69 Å².